The van der Waals surface area contributed by atoms with Gasteiger partial charge in [0.2, 0.25) is 0 Å². The van der Waals surface area contributed by atoms with Crippen molar-refractivity contribution in [3.8, 4) is 11.5 Å². The number of ether oxygens (including phenoxy) is 1. The molecule has 2 rings (SSSR count). The number of nitro groups is 1. The SMILES string of the molecule is CC(C)NCc1ccc(Oc2cccc([N+](=O)[O-])c2)cc1. The number of benzene rings is 2. The first kappa shape index (κ1) is 15.0. The summed E-state index contributed by atoms with van der Waals surface area (Å²) in [6, 6.07) is 14.2. The highest BCUT2D eigenvalue weighted by Crippen LogP contribution is 2.25. The molecule has 21 heavy (non-hydrogen) atoms. The molecular formula is C16H18N2O3. The van der Waals surface area contributed by atoms with Crippen LogP contribution in [0.3, 0.4) is 0 Å². The summed E-state index contributed by atoms with van der Waals surface area (Å²) in [5, 5.41) is 14.1. The predicted octanol–water partition coefficient (Wildman–Crippen LogP) is 3.89. The third-order valence-corrected chi connectivity index (χ3v) is 2.90. The van der Waals surface area contributed by atoms with E-state index in [9.17, 15) is 10.1 Å². The highest BCUT2D eigenvalue weighted by atomic mass is 16.6. The molecule has 5 heteroatoms. The Hall–Kier alpha value is -2.40. The molecule has 0 atom stereocenters. The Morgan fingerprint density at radius 2 is 1.86 bits per heavy atom. The maximum absolute atomic E-state index is 10.7. The van der Waals surface area contributed by atoms with Gasteiger partial charge in [-0.2, -0.15) is 0 Å². The largest absolute Gasteiger partial charge is 0.457 e. The number of nitro benzene ring substituents is 1. The van der Waals surface area contributed by atoms with Gasteiger partial charge in [0, 0.05) is 18.7 Å². The van der Waals surface area contributed by atoms with Gasteiger partial charge in [-0.3, -0.25) is 10.1 Å². The second-order valence-electron chi connectivity index (χ2n) is 5.04. The lowest BCUT2D eigenvalue weighted by Gasteiger charge is -2.09. The van der Waals surface area contributed by atoms with Crippen molar-refractivity contribution in [2.45, 2.75) is 26.4 Å². The van der Waals surface area contributed by atoms with Crippen LogP contribution < -0.4 is 10.1 Å². The van der Waals surface area contributed by atoms with Crippen LogP contribution in [0.5, 0.6) is 11.5 Å². The molecule has 2 aromatic rings. The molecule has 0 spiro atoms. The fourth-order valence-corrected chi connectivity index (χ4v) is 1.79. The van der Waals surface area contributed by atoms with Crippen LogP contribution in [0, 0.1) is 10.1 Å². The fraction of sp³-hybridized carbons (Fsp3) is 0.250. The molecule has 0 aromatic heterocycles. The normalized spacial score (nSPS) is 10.6. The molecule has 0 fully saturated rings. The molecule has 0 aliphatic rings. The van der Waals surface area contributed by atoms with Crippen molar-refractivity contribution in [1.29, 1.82) is 0 Å². The molecule has 2 aromatic carbocycles. The van der Waals surface area contributed by atoms with E-state index >= 15 is 0 Å². The minimum Gasteiger partial charge on any atom is -0.457 e. The first-order valence-electron chi connectivity index (χ1n) is 6.79. The minimum absolute atomic E-state index is 0.0188. The Morgan fingerprint density at radius 3 is 2.48 bits per heavy atom. The van der Waals surface area contributed by atoms with E-state index < -0.39 is 4.92 Å². The zero-order chi connectivity index (χ0) is 15.2. The highest BCUT2D eigenvalue weighted by Gasteiger charge is 2.07. The summed E-state index contributed by atoms with van der Waals surface area (Å²) in [5.74, 6) is 1.11. The van der Waals surface area contributed by atoms with Crippen molar-refractivity contribution in [1.82, 2.24) is 5.32 Å². The molecule has 0 aliphatic carbocycles. The highest BCUT2D eigenvalue weighted by molar-refractivity contribution is 5.40. The molecule has 0 unspecified atom stereocenters. The quantitative estimate of drug-likeness (QED) is 0.646. The van der Waals surface area contributed by atoms with E-state index in [1.54, 1.807) is 12.1 Å². The summed E-state index contributed by atoms with van der Waals surface area (Å²) in [7, 11) is 0. The molecule has 0 aliphatic heterocycles. The fourth-order valence-electron chi connectivity index (χ4n) is 1.79. The second kappa shape index (κ2) is 6.85. The van der Waals surface area contributed by atoms with Crippen molar-refractivity contribution in [2.24, 2.45) is 0 Å². The van der Waals surface area contributed by atoms with Gasteiger partial charge in [0.1, 0.15) is 11.5 Å². The van der Waals surface area contributed by atoms with Gasteiger partial charge < -0.3 is 10.1 Å². The smallest absolute Gasteiger partial charge is 0.273 e. The topological polar surface area (TPSA) is 64.4 Å². The van der Waals surface area contributed by atoms with Crippen molar-refractivity contribution < 1.29 is 9.66 Å². The predicted molar refractivity (Wildman–Crippen MR) is 81.6 cm³/mol. The van der Waals surface area contributed by atoms with E-state index in [1.807, 2.05) is 24.3 Å². The van der Waals surface area contributed by atoms with Crippen molar-refractivity contribution >= 4 is 5.69 Å². The van der Waals surface area contributed by atoms with Crippen LogP contribution in [-0.4, -0.2) is 11.0 Å². The van der Waals surface area contributed by atoms with E-state index in [4.69, 9.17) is 4.74 Å². The van der Waals surface area contributed by atoms with Gasteiger partial charge in [0.15, 0.2) is 0 Å². The lowest BCUT2D eigenvalue weighted by atomic mass is 10.2. The molecule has 110 valence electrons. The van der Waals surface area contributed by atoms with Gasteiger partial charge in [-0.25, -0.2) is 0 Å². The van der Waals surface area contributed by atoms with E-state index in [1.165, 1.54) is 12.1 Å². The molecule has 0 saturated heterocycles. The second-order valence-corrected chi connectivity index (χ2v) is 5.04. The van der Waals surface area contributed by atoms with E-state index in [-0.39, 0.29) is 5.69 Å². The van der Waals surface area contributed by atoms with Crippen LogP contribution in [0.25, 0.3) is 0 Å². The van der Waals surface area contributed by atoms with Gasteiger partial charge in [0.05, 0.1) is 11.0 Å². The maximum atomic E-state index is 10.7. The van der Waals surface area contributed by atoms with Gasteiger partial charge >= 0.3 is 0 Å². The third-order valence-electron chi connectivity index (χ3n) is 2.90. The molecule has 0 bridgehead atoms. The zero-order valence-corrected chi connectivity index (χ0v) is 12.1. The molecule has 0 amide bonds. The van der Waals surface area contributed by atoms with Crippen molar-refractivity contribution in [3.05, 3.63) is 64.2 Å². The molecule has 0 saturated carbocycles. The van der Waals surface area contributed by atoms with Crippen LogP contribution in [-0.2, 0) is 6.54 Å². The summed E-state index contributed by atoms with van der Waals surface area (Å²) in [6.07, 6.45) is 0. The van der Waals surface area contributed by atoms with Gasteiger partial charge in [-0.15, -0.1) is 0 Å². The Morgan fingerprint density at radius 1 is 1.14 bits per heavy atom. The summed E-state index contributed by atoms with van der Waals surface area (Å²) < 4.78 is 5.62. The first-order valence-corrected chi connectivity index (χ1v) is 6.79. The monoisotopic (exact) mass is 286 g/mol. The molecular weight excluding hydrogens is 268 g/mol. The third kappa shape index (κ3) is 4.57. The molecule has 1 N–H and O–H groups in total. The Bertz CT molecular complexity index is 609. The number of hydrogen-bond acceptors (Lipinski definition) is 4. The van der Waals surface area contributed by atoms with E-state index in [2.05, 4.69) is 19.2 Å². The van der Waals surface area contributed by atoms with Crippen LogP contribution in [0.1, 0.15) is 19.4 Å². The van der Waals surface area contributed by atoms with Gasteiger partial charge in [0.25, 0.3) is 5.69 Å². The van der Waals surface area contributed by atoms with E-state index in [0.29, 0.717) is 17.5 Å². The lowest BCUT2D eigenvalue weighted by molar-refractivity contribution is -0.384. The van der Waals surface area contributed by atoms with Crippen LogP contribution in [0.15, 0.2) is 48.5 Å². The lowest BCUT2D eigenvalue weighted by Crippen LogP contribution is -2.21. The number of hydrogen-bond donors (Lipinski definition) is 1. The Kier molecular flexibility index (Phi) is 4.90. The Balaban J connectivity index is 2.03. The number of nitrogens with zero attached hydrogens (tertiary/aromatic N) is 1. The molecule has 5 nitrogen and oxygen atoms in total. The van der Waals surface area contributed by atoms with Gasteiger partial charge in [-0.05, 0) is 23.8 Å². The number of non-ortho nitro benzene ring substituents is 1. The van der Waals surface area contributed by atoms with Crippen LogP contribution >= 0.6 is 0 Å². The molecule has 0 radical (unpaired) electrons. The average molecular weight is 286 g/mol. The van der Waals surface area contributed by atoms with Crippen LogP contribution in [0.4, 0.5) is 5.69 Å². The van der Waals surface area contributed by atoms with Crippen molar-refractivity contribution in [2.75, 3.05) is 0 Å². The molecule has 0 heterocycles. The van der Waals surface area contributed by atoms with Crippen molar-refractivity contribution in [3.63, 3.8) is 0 Å². The Labute approximate surface area is 123 Å². The summed E-state index contributed by atoms with van der Waals surface area (Å²) in [6.45, 7) is 4.99. The van der Waals surface area contributed by atoms with E-state index in [0.717, 1.165) is 12.1 Å². The van der Waals surface area contributed by atoms with Gasteiger partial charge in [-0.1, -0.05) is 32.0 Å². The first-order chi connectivity index (χ1) is 10.0. The zero-order valence-electron chi connectivity index (χ0n) is 12.1. The van der Waals surface area contributed by atoms with Crippen LogP contribution in [0.2, 0.25) is 0 Å². The standard InChI is InChI=1S/C16H18N2O3/c1-12(2)17-11-13-6-8-15(9-7-13)21-16-5-3-4-14(10-16)18(19)20/h3-10,12,17H,11H2,1-2H3. The summed E-state index contributed by atoms with van der Waals surface area (Å²) in [4.78, 5) is 10.3. The number of nitrogens with one attached hydrogen (secondary N) is 1. The summed E-state index contributed by atoms with van der Waals surface area (Å²) >= 11 is 0. The minimum atomic E-state index is -0.437. The maximum Gasteiger partial charge on any atom is 0.273 e. The average Bonchev–Trinajstić information content (AvgIpc) is 2.47. The summed E-state index contributed by atoms with van der Waals surface area (Å²) in [5.41, 5.74) is 1.18. The number of rotatable bonds is 6.